The van der Waals surface area contributed by atoms with Crippen LogP contribution in [-0.2, 0) is 0 Å². The van der Waals surface area contributed by atoms with Crippen LogP contribution in [0.4, 0.5) is 15.9 Å². The Bertz CT molecular complexity index is 1490. The molecule has 8 heteroatoms. The third-order valence-corrected chi connectivity index (χ3v) is 7.67. The van der Waals surface area contributed by atoms with Crippen LogP contribution in [0, 0.1) is 12.9 Å². The largest absolute Gasteiger partial charge is 0.382 e. The summed E-state index contributed by atoms with van der Waals surface area (Å²) in [5, 5.41) is 1.38. The van der Waals surface area contributed by atoms with Gasteiger partial charge in [0.2, 0.25) is 5.95 Å². The van der Waals surface area contributed by atoms with E-state index in [0.717, 1.165) is 48.9 Å². The molecule has 3 N–H and O–H groups in total. The Morgan fingerprint density at radius 2 is 1.67 bits per heavy atom. The number of hydrogen-bond acceptors (Lipinski definition) is 6. The average molecular weight is 485 g/mol. The Labute approximate surface area is 208 Å². The lowest BCUT2D eigenvalue weighted by Crippen LogP contribution is -2.52. The molecule has 0 unspecified atom stereocenters. The number of H-pyrrole nitrogens is 1. The first-order valence-electron chi connectivity index (χ1n) is 12.5. The van der Waals surface area contributed by atoms with Gasteiger partial charge >= 0.3 is 0 Å². The number of nitrogens with two attached hydrogens (primary N) is 1. The zero-order valence-corrected chi connectivity index (χ0v) is 20.3. The van der Waals surface area contributed by atoms with E-state index in [4.69, 9.17) is 5.73 Å². The number of fused-ring (bicyclic) bond motifs is 1. The topological polar surface area (TPSA) is 91.1 Å². The Morgan fingerprint density at radius 1 is 0.944 bits per heavy atom. The lowest BCUT2D eigenvalue weighted by molar-refractivity contribution is 0.120. The normalized spacial score (nSPS) is 16.9. The first-order chi connectivity index (χ1) is 17.5. The fourth-order valence-corrected chi connectivity index (χ4v) is 5.30. The number of aromatic amines is 1. The van der Waals surface area contributed by atoms with E-state index in [1.54, 1.807) is 18.3 Å². The highest BCUT2D eigenvalue weighted by Crippen LogP contribution is 2.32. The maximum absolute atomic E-state index is 14.9. The summed E-state index contributed by atoms with van der Waals surface area (Å²) in [7, 11) is 0. The van der Waals surface area contributed by atoms with E-state index < -0.39 is 5.95 Å². The molecule has 3 heterocycles. The number of pyridine rings is 1. The number of aryl methyl sites for hydroxylation is 1. The summed E-state index contributed by atoms with van der Waals surface area (Å²) < 4.78 is 14.9. The van der Waals surface area contributed by atoms with Crippen LogP contribution >= 0.6 is 0 Å². The van der Waals surface area contributed by atoms with Gasteiger partial charge in [0.15, 0.2) is 5.82 Å². The quantitative estimate of drug-likeness (QED) is 0.447. The van der Waals surface area contributed by atoms with Gasteiger partial charge in [0.05, 0.1) is 0 Å². The molecule has 1 aliphatic carbocycles. The Kier molecular flexibility index (Phi) is 5.68. The van der Waals surface area contributed by atoms with Gasteiger partial charge in [0, 0.05) is 60.6 Å². The summed E-state index contributed by atoms with van der Waals surface area (Å²) in [6, 6.07) is 14.0. The van der Waals surface area contributed by atoms with Crippen LogP contribution in [0.3, 0.4) is 0 Å². The van der Waals surface area contributed by atoms with Gasteiger partial charge in [-0.3, -0.25) is 9.69 Å². The Morgan fingerprint density at radius 3 is 2.36 bits per heavy atom. The molecule has 7 nitrogen and oxygen atoms in total. The van der Waals surface area contributed by atoms with Gasteiger partial charge in [0.25, 0.3) is 5.56 Å². The summed E-state index contributed by atoms with van der Waals surface area (Å²) in [5.74, 6) is -0.689. The average Bonchev–Trinajstić information content (AvgIpc) is 2.86. The van der Waals surface area contributed by atoms with Gasteiger partial charge in [-0.25, -0.2) is 4.98 Å². The molecule has 184 valence electrons. The molecule has 0 spiro atoms. The molecule has 2 aliphatic rings. The van der Waals surface area contributed by atoms with Crippen molar-refractivity contribution >= 4 is 22.3 Å². The third kappa shape index (κ3) is 4.01. The summed E-state index contributed by atoms with van der Waals surface area (Å²) in [5.41, 5.74) is 9.86. The smallest absolute Gasteiger partial charge is 0.255 e. The second-order valence-electron chi connectivity index (χ2n) is 9.81. The van der Waals surface area contributed by atoms with Crippen molar-refractivity contribution < 1.29 is 4.39 Å². The lowest BCUT2D eigenvalue weighted by Gasteiger charge is -2.43. The maximum atomic E-state index is 14.9. The van der Waals surface area contributed by atoms with E-state index in [0.29, 0.717) is 22.2 Å². The lowest BCUT2D eigenvalue weighted by atomic mass is 9.91. The SMILES string of the molecule is Cc1c[nH]c(=O)c2ccc(-c3nc(-c4ccc(N5CCN(C6CCC6)CC5)cc4)c(F)nc3N)cc12. The molecule has 36 heavy (non-hydrogen) atoms. The number of hydrogen-bond donors (Lipinski definition) is 2. The summed E-state index contributed by atoms with van der Waals surface area (Å²) in [4.78, 5) is 28.4. The minimum absolute atomic E-state index is 0.0130. The number of benzene rings is 2. The number of halogens is 1. The number of anilines is 2. The van der Waals surface area contributed by atoms with Crippen LogP contribution < -0.4 is 16.2 Å². The Hall–Kier alpha value is -3.78. The van der Waals surface area contributed by atoms with Crippen molar-refractivity contribution in [1.29, 1.82) is 0 Å². The van der Waals surface area contributed by atoms with Gasteiger partial charge in [-0.2, -0.15) is 9.37 Å². The second-order valence-corrected chi connectivity index (χ2v) is 9.81. The maximum Gasteiger partial charge on any atom is 0.255 e. The van der Waals surface area contributed by atoms with Gasteiger partial charge in [-0.15, -0.1) is 0 Å². The van der Waals surface area contributed by atoms with Crippen LogP contribution in [0.25, 0.3) is 33.3 Å². The van der Waals surface area contributed by atoms with Crippen molar-refractivity contribution in [1.82, 2.24) is 19.9 Å². The van der Waals surface area contributed by atoms with Crippen LogP contribution in [0.1, 0.15) is 24.8 Å². The number of piperazine rings is 1. The third-order valence-electron chi connectivity index (χ3n) is 7.67. The molecule has 0 atom stereocenters. The molecule has 2 fully saturated rings. The first-order valence-corrected chi connectivity index (χ1v) is 12.5. The van der Waals surface area contributed by atoms with E-state index in [1.807, 2.05) is 37.3 Å². The van der Waals surface area contributed by atoms with Crippen LogP contribution in [0.15, 0.2) is 53.5 Å². The molecule has 2 aromatic heterocycles. The number of rotatable bonds is 4. The zero-order chi connectivity index (χ0) is 24.8. The fourth-order valence-electron chi connectivity index (χ4n) is 5.30. The molecule has 4 aromatic rings. The predicted octanol–water partition coefficient (Wildman–Crippen LogP) is 4.36. The van der Waals surface area contributed by atoms with Crippen LogP contribution in [0.5, 0.6) is 0 Å². The van der Waals surface area contributed by atoms with Crippen LogP contribution in [0.2, 0.25) is 0 Å². The van der Waals surface area contributed by atoms with Gasteiger partial charge in [-0.1, -0.05) is 24.6 Å². The predicted molar refractivity (Wildman–Crippen MR) is 142 cm³/mol. The highest BCUT2D eigenvalue weighted by atomic mass is 19.1. The highest BCUT2D eigenvalue weighted by Gasteiger charge is 2.28. The van der Waals surface area contributed by atoms with E-state index >= 15 is 0 Å². The monoisotopic (exact) mass is 484 g/mol. The number of nitrogen functional groups attached to an aromatic ring is 1. The molecule has 1 saturated heterocycles. The van der Waals surface area contributed by atoms with Crippen molar-refractivity contribution in [2.24, 2.45) is 0 Å². The minimum Gasteiger partial charge on any atom is -0.382 e. The van der Waals surface area contributed by atoms with Gasteiger partial charge < -0.3 is 15.6 Å². The van der Waals surface area contributed by atoms with E-state index in [-0.39, 0.29) is 17.1 Å². The van der Waals surface area contributed by atoms with Gasteiger partial charge in [0.1, 0.15) is 11.4 Å². The van der Waals surface area contributed by atoms with Gasteiger partial charge in [-0.05, 0) is 55.0 Å². The molecular formula is C28H29FN6O. The molecule has 2 aromatic carbocycles. The molecule has 1 saturated carbocycles. The van der Waals surface area contributed by atoms with E-state index in [1.165, 1.54) is 19.3 Å². The summed E-state index contributed by atoms with van der Waals surface area (Å²) in [6.07, 6.45) is 5.71. The van der Waals surface area contributed by atoms with E-state index in [9.17, 15) is 9.18 Å². The number of nitrogens with zero attached hydrogens (tertiary/aromatic N) is 4. The molecule has 0 amide bonds. The van der Waals surface area contributed by atoms with Crippen molar-refractivity contribution in [2.45, 2.75) is 32.2 Å². The van der Waals surface area contributed by atoms with Crippen molar-refractivity contribution in [3.05, 3.63) is 70.5 Å². The van der Waals surface area contributed by atoms with Crippen molar-refractivity contribution in [3.8, 4) is 22.5 Å². The molecular weight excluding hydrogens is 455 g/mol. The van der Waals surface area contributed by atoms with Crippen molar-refractivity contribution in [3.63, 3.8) is 0 Å². The zero-order valence-electron chi connectivity index (χ0n) is 20.3. The summed E-state index contributed by atoms with van der Waals surface area (Å²) in [6.45, 7) is 6.10. The molecule has 6 rings (SSSR count). The Balaban J connectivity index is 1.28. The highest BCUT2D eigenvalue weighted by molar-refractivity contribution is 5.90. The molecule has 1 aliphatic heterocycles. The minimum atomic E-state index is -0.702. The fraction of sp³-hybridized carbons (Fsp3) is 0.321. The first kappa shape index (κ1) is 22.7. The second kappa shape index (κ2) is 9.02. The standard InChI is InChI=1S/C28H29FN6O/c1-17-16-31-28(36)22-10-7-19(15-23(17)22)25-27(30)33-26(29)24(32-25)18-5-8-21(9-6-18)35-13-11-34(12-14-35)20-3-2-4-20/h5-10,15-16,20H,2-4,11-14H2,1H3,(H2,30,33)(H,31,36). The molecule has 0 bridgehead atoms. The number of nitrogens with one attached hydrogen (secondary N) is 1. The summed E-state index contributed by atoms with van der Waals surface area (Å²) >= 11 is 0. The van der Waals surface area contributed by atoms with Crippen molar-refractivity contribution in [2.75, 3.05) is 36.8 Å². The number of aromatic nitrogens is 3. The van der Waals surface area contributed by atoms with E-state index in [2.05, 4.69) is 24.8 Å². The van der Waals surface area contributed by atoms with Crippen LogP contribution in [-0.4, -0.2) is 52.1 Å². The molecule has 0 radical (unpaired) electrons.